The molecule has 1 aliphatic rings. The average molecular weight is 196 g/mol. The van der Waals surface area contributed by atoms with Gasteiger partial charge in [-0.1, -0.05) is 18.9 Å². The van der Waals surface area contributed by atoms with Crippen molar-refractivity contribution in [1.82, 2.24) is 0 Å². The van der Waals surface area contributed by atoms with Crippen LogP contribution in [0.25, 0.3) is 0 Å². The van der Waals surface area contributed by atoms with Crippen LogP contribution in [0, 0.1) is 0 Å². The molecule has 1 saturated carbocycles. The quantitative estimate of drug-likeness (QED) is 0.731. The first kappa shape index (κ1) is 9.22. The fourth-order valence-electron chi connectivity index (χ4n) is 2.25. The number of rotatable bonds is 1. The highest BCUT2D eigenvalue weighted by atomic mass is 32.1. The molecule has 1 nitrogen and oxygen atoms in total. The molecule has 1 aromatic heterocycles. The maximum absolute atomic E-state index is 10.2. The zero-order valence-corrected chi connectivity index (χ0v) is 8.81. The maximum Gasteiger partial charge on any atom is 0.0695 e. The molecule has 2 atom stereocenters. The molecule has 1 aliphatic carbocycles. The highest BCUT2D eigenvalue weighted by Crippen LogP contribution is 2.41. The van der Waals surface area contributed by atoms with Crippen LogP contribution in [-0.4, -0.2) is 10.7 Å². The lowest BCUT2D eigenvalue weighted by molar-refractivity contribution is 0.00179. The van der Waals surface area contributed by atoms with Crippen LogP contribution in [0.3, 0.4) is 0 Å². The molecule has 0 amide bonds. The van der Waals surface area contributed by atoms with Gasteiger partial charge in [-0.2, -0.15) is 0 Å². The van der Waals surface area contributed by atoms with Crippen LogP contribution < -0.4 is 0 Å². The first-order valence-corrected chi connectivity index (χ1v) is 5.84. The summed E-state index contributed by atoms with van der Waals surface area (Å²) in [5.74, 6) is 0.376. The molecule has 0 saturated heterocycles. The summed E-state index contributed by atoms with van der Waals surface area (Å²) in [5.41, 5.74) is -0.469. The van der Waals surface area contributed by atoms with E-state index >= 15 is 0 Å². The Morgan fingerprint density at radius 1 is 1.54 bits per heavy atom. The molecule has 2 heteroatoms. The summed E-state index contributed by atoms with van der Waals surface area (Å²) in [6.07, 6.45) is 4.54. The highest BCUT2D eigenvalue weighted by molar-refractivity contribution is 7.10. The van der Waals surface area contributed by atoms with Gasteiger partial charge in [0.1, 0.15) is 0 Å². The van der Waals surface area contributed by atoms with E-state index in [-0.39, 0.29) is 0 Å². The van der Waals surface area contributed by atoms with E-state index in [0.717, 1.165) is 12.8 Å². The van der Waals surface area contributed by atoms with Crippen molar-refractivity contribution >= 4 is 11.3 Å². The Bertz CT molecular complexity index is 264. The predicted molar refractivity (Wildman–Crippen MR) is 56.2 cm³/mol. The molecule has 13 heavy (non-hydrogen) atoms. The first-order chi connectivity index (χ1) is 6.20. The second kappa shape index (κ2) is 3.43. The standard InChI is InChI=1S/C11H16OS/c1-11(12)7-3-2-5-9(11)10-6-4-8-13-10/h4,6,8-9,12H,2-3,5,7H2,1H3/t9-,11+/m0/s1. The van der Waals surface area contributed by atoms with Gasteiger partial charge in [0.15, 0.2) is 0 Å². The van der Waals surface area contributed by atoms with Crippen molar-refractivity contribution in [3.05, 3.63) is 22.4 Å². The van der Waals surface area contributed by atoms with E-state index in [1.165, 1.54) is 17.7 Å². The van der Waals surface area contributed by atoms with Crippen LogP contribution in [0.2, 0.25) is 0 Å². The summed E-state index contributed by atoms with van der Waals surface area (Å²) in [4.78, 5) is 1.35. The van der Waals surface area contributed by atoms with E-state index in [4.69, 9.17) is 0 Å². The molecule has 1 heterocycles. The Balaban J connectivity index is 2.21. The second-order valence-electron chi connectivity index (χ2n) is 4.17. The predicted octanol–water partition coefficient (Wildman–Crippen LogP) is 3.16. The van der Waals surface area contributed by atoms with Crippen molar-refractivity contribution in [2.45, 2.75) is 44.1 Å². The average Bonchev–Trinajstić information content (AvgIpc) is 2.55. The lowest BCUT2D eigenvalue weighted by Gasteiger charge is -2.36. The van der Waals surface area contributed by atoms with Crippen molar-refractivity contribution in [3.8, 4) is 0 Å². The number of hydrogen-bond donors (Lipinski definition) is 1. The third-order valence-corrected chi connectivity index (χ3v) is 4.05. The minimum atomic E-state index is -0.469. The van der Waals surface area contributed by atoms with Gasteiger partial charge < -0.3 is 5.11 Å². The number of thiophene rings is 1. The van der Waals surface area contributed by atoms with Crippen LogP contribution >= 0.6 is 11.3 Å². The lowest BCUT2D eigenvalue weighted by Crippen LogP contribution is -2.35. The van der Waals surface area contributed by atoms with Crippen molar-refractivity contribution in [3.63, 3.8) is 0 Å². The van der Waals surface area contributed by atoms with Crippen molar-refractivity contribution < 1.29 is 5.11 Å². The molecular weight excluding hydrogens is 180 g/mol. The molecule has 0 radical (unpaired) electrons. The first-order valence-electron chi connectivity index (χ1n) is 4.96. The van der Waals surface area contributed by atoms with Gasteiger partial charge in [-0.3, -0.25) is 0 Å². The molecule has 0 bridgehead atoms. The maximum atomic E-state index is 10.2. The lowest BCUT2D eigenvalue weighted by atomic mass is 9.76. The molecule has 1 N–H and O–H groups in total. The van der Waals surface area contributed by atoms with E-state index < -0.39 is 5.60 Å². The highest BCUT2D eigenvalue weighted by Gasteiger charge is 2.35. The van der Waals surface area contributed by atoms with Gasteiger partial charge in [0, 0.05) is 10.8 Å². The zero-order valence-electron chi connectivity index (χ0n) is 7.99. The van der Waals surface area contributed by atoms with Crippen molar-refractivity contribution in [1.29, 1.82) is 0 Å². The summed E-state index contributed by atoms with van der Waals surface area (Å²) in [7, 11) is 0. The van der Waals surface area contributed by atoms with Crippen molar-refractivity contribution in [2.75, 3.05) is 0 Å². The summed E-state index contributed by atoms with van der Waals surface area (Å²) < 4.78 is 0. The fourth-order valence-corrected chi connectivity index (χ4v) is 3.26. The van der Waals surface area contributed by atoms with Gasteiger partial charge in [-0.25, -0.2) is 0 Å². The summed E-state index contributed by atoms with van der Waals surface area (Å²) in [6.45, 7) is 1.98. The SMILES string of the molecule is C[C@@]1(O)CCCC[C@H]1c1cccs1. The van der Waals surface area contributed by atoms with E-state index in [2.05, 4.69) is 17.5 Å². The van der Waals surface area contributed by atoms with Crippen LogP contribution in [0.15, 0.2) is 17.5 Å². The minimum absolute atomic E-state index is 0.376. The van der Waals surface area contributed by atoms with E-state index in [0.29, 0.717) is 5.92 Å². The molecule has 0 unspecified atom stereocenters. The van der Waals surface area contributed by atoms with Gasteiger partial charge in [-0.05, 0) is 31.2 Å². The van der Waals surface area contributed by atoms with Crippen LogP contribution in [0.1, 0.15) is 43.4 Å². The Morgan fingerprint density at radius 3 is 3.00 bits per heavy atom. The Morgan fingerprint density at radius 2 is 2.38 bits per heavy atom. The van der Waals surface area contributed by atoms with E-state index in [1.807, 2.05) is 6.92 Å². The molecule has 1 fully saturated rings. The molecule has 0 aromatic carbocycles. The molecule has 0 spiro atoms. The molecule has 0 aliphatic heterocycles. The zero-order chi connectivity index (χ0) is 9.31. The van der Waals surface area contributed by atoms with Gasteiger partial charge >= 0.3 is 0 Å². The Kier molecular flexibility index (Phi) is 2.43. The monoisotopic (exact) mass is 196 g/mol. The number of aliphatic hydroxyl groups is 1. The van der Waals surface area contributed by atoms with Gasteiger partial charge in [-0.15, -0.1) is 11.3 Å². The van der Waals surface area contributed by atoms with Gasteiger partial charge in [0.25, 0.3) is 0 Å². The van der Waals surface area contributed by atoms with Crippen molar-refractivity contribution in [2.24, 2.45) is 0 Å². The van der Waals surface area contributed by atoms with Gasteiger partial charge in [0.2, 0.25) is 0 Å². The molecule has 2 rings (SSSR count). The molecule has 72 valence electrons. The summed E-state index contributed by atoms with van der Waals surface area (Å²) in [5, 5.41) is 12.3. The third kappa shape index (κ3) is 1.79. The van der Waals surface area contributed by atoms with Crippen LogP contribution in [0.5, 0.6) is 0 Å². The van der Waals surface area contributed by atoms with E-state index in [1.54, 1.807) is 11.3 Å². The largest absolute Gasteiger partial charge is 0.390 e. The topological polar surface area (TPSA) is 20.2 Å². The van der Waals surface area contributed by atoms with E-state index in [9.17, 15) is 5.11 Å². The smallest absolute Gasteiger partial charge is 0.0695 e. The van der Waals surface area contributed by atoms with Crippen LogP contribution in [0.4, 0.5) is 0 Å². The number of hydrogen-bond acceptors (Lipinski definition) is 2. The Hall–Kier alpha value is -0.340. The van der Waals surface area contributed by atoms with Crippen LogP contribution in [-0.2, 0) is 0 Å². The Labute approximate surface area is 83.4 Å². The second-order valence-corrected chi connectivity index (χ2v) is 5.15. The normalized spacial score (nSPS) is 34.8. The summed E-state index contributed by atoms with van der Waals surface area (Å²) >= 11 is 1.77. The van der Waals surface area contributed by atoms with Gasteiger partial charge in [0.05, 0.1) is 5.60 Å². The minimum Gasteiger partial charge on any atom is -0.390 e. The third-order valence-electron chi connectivity index (χ3n) is 3.06. The molecular formula is C11H16OS. The molecule has 1 aromatic rings. The summed E-state index contributed by atoms with van der Waals surface area (Å²) in [6, 6.07) is 4.22. The fraction of sp³-hybridized carbons (Fsp3) is 0.636.